The molecule has 0 heterocycles. The molecule has 0 aliphatic rings. The molecule has 3 aromatic rings. The van der Waals surface area contributed by atoms with Crippen molar-refractivity contribution in [3.63, 3.8) is 0 Å². The first-order chi connectivity index (χ1) is 12.3. The molecule has 124 valence electrons. The predicted octanol–water partition coefficient (Wildman–Crippen LogP) is 5.88. The molecule has 0 bridgehead atoms. The van der Waals surface area contributed by atoms with Crippen LogP contribution < -0.4 is 0 Å². The molecule has 0 N–H and O–H groups in total. The van der Waals surface area contributed by atoms with Crippen LogP contribution in [0, 0.1) is 0 Å². The minimum atomic E-state index is 0.253. The van der Waals surface area contributed by atoms with Gasteiger partial charge >= 0.3 is 0 Å². The molecule has 0 unspecified atom stereocenters. The van der Waals surface area contributed by atoms with Crippen molar-refractivity contribution in [2.75, 3.05) is 0 Å². The van der Waals surface area contributed by atoms with E-state index in [0.717, 1.165) is 27.2 Å². The molecule has 0 aromatic heterocycles. The Morgan fingerprint density at radius 3 is 1.44 bits per heavy atom. The van der Waals surface area contributed by atoms with Gasteiger partial charge in [0.2, 0.25) is 0 Å². The molecular weight excluding hydrogens is 368 g/mol. The maximum absolute atomic E-state index is 11.2. The van der Waals surface area contributed by atoms with Crippen molar-refractivity contribution in [3.05, 3.63) is 108 Å². The van der Waals surface area contributed by atoms with Crippen molar-refractivity contribution in [2.24, 2.45) is 0 Å². The molecule has 3 aromatic carbocycles. The van der Waals surface area contributed by atoms with Gasteiger partial charge in [-0.15, -0.1) is 0 Å². The summed E-state index contributed by atoms with van der Waals surface area (Å²) in [5, 5.41) is 0. The molecule has 0 aliphatic carbocycles. The van der Waals surface area contributed by atoms with Crippen LogP contribution in [-0.2, 0) is 11.3 Å². The molecule has 0 amide bonds. The summed E-state index contributed by atoms with van der Waals surface area (Å²) in [7, 11) is 0. The molecule has 25 heavy (non-hydrogen) atoms. The van der Waals surface area contributed by atoms with Gasteiger partial charge in [-0.1, -0.05) is 114 Å². The van der Waals surface area contributed by atoms with E-state index in [2.05, 4.69) is 24.3 Å². The van der Waals surface area contributed by atoms with Crippen molar-refractivity contribution in [2.45, 2.75) is 0 Å². The summed E-state index contributed by atoms with van der Waals surface area (Å²) in [6.45, 7) is 0. The summed E-state index contributed by atoms with van der Waals surface area (Å²) in [6.07, 6.45) is 0. The lowest BCUT2D eigenvalue weighted by Crippen LogP contribution is -1.94. The number of benzene rings is 3. The van der Waals surface area contributed by atoms with Crippen LogP contribution in [0.5, 0.6) is 0 Å². The molecule has 0 saturated heterocycles. The number of rotatable bonds is 4. The van der Waals surface area contributed by atoms with E-state index in [1.54, 1.807) is 0 Å². The van der Waals surface area contributed by atoms with Crippen molar-refractivity contribution in [1.29, 1.82) is 0 Å². The third kappa shape index (κ3) is 4.51. The Balaban J connectivity index is 2.32. The first-order valence-corrected chi connectivity index (χ1v) is 9.64. The average molecular weight is 383 g/mol. The van der Waals surface area contributed by atoms with Gasteiger partial charge in [0, 0.05) is 10.5 Å². The lowest BCUT2D eigenvalue weighted by Gasteiger charge is -2.16. The van der Waals surface area contributed by atoms with Crippen LogP contribution in [-0.4, -0.2) is 7.86 Å². The molecule has 0 spiro atoms. The molecule has 0 atom stereocenters. The minimum absolute atomic E-state index is 0.253. The largest absolute Gasteiger partial charge is 0.210 e. The number of hydrogen-bond acceptors (Lipinski definition) is 2. The second kappa shape index (κ2) is 8.86. The lowest BCUT2D eigenvalue weighted by molar-refractivity contribution is 0.701. The Morgan fingerprint density at radius 1 is 0.640 bits per heavy atom. The first-order valence-electron chi connectivity index (χ1n) is 7.70. The highest BCUT2D eigenvalue weighted by Crippen LogP contribution is 2.40. The Hall–Kier alpha value is -2.07. The van der Waals surface area contributed by atoms with E-state index in [9.17, 15) is 4.21 Å². The fourth-order valence-electron chi connectivity index (χ4n) is 2.58. The molecule has 0 aliphatic heterocycles. The van der Waals surface area contributed by atoms with Gasteiger partial charge in [-0.25, -0.2) is 4.21 Å². The van der Waals surface area contributed by atoms with Crippen LogP contribution in [0.15, 0.2) is 91.0 Å². The van der Waals surface area contributed by atoms with Gasteiger partial charge in [0.1, 0.15) is 11.3 Å². The Labute approximate surface area is 160 Å². The smallest absolute Gasteiger partial charge is 0.171 e. The summed E-state index contributed by atoms with van der Waals surface area (Å²) in [5.74, 6) is 0. The van der Waals surface area contributed by atoms with Crippen LogP contribution in [0.3, 0.4) is 0 Å². The van der Waals surface area contributed by atoms with E-state index in [-0.39, 0.29) is 3.66 Å². The van der Waals surface area contributed by atoms with E-state index in [1.807, 2.05) is 66.7 Å². The first kappa shape index (κ1) is 17.7. The number of thioether (sulfide) groups is 1. The van der Waals surface area contributed by atoms with Gasteiger partial charge < -0.3 is 0 Å². The predicted molar refractivity (Wildman–Crippen MR) is 112 cm³/mol. The van der Waals surface area contributed by atoms with Crippen molar-refractivity contribution >= 4 is 48.8 Å². The van der Waals surface area contributed by atoms with Crippen molar-refractivity contribution < 1.29 is 4.21 Å². The summed E-state index contributed by atoms with van der Waals surface area (Å²) in [6, 6.07) is 30.4. The van der Waals surface area contributed by atoms with Crippen LogP contribution in [0.1, 0.15) is 16.7 Å². The highest BCUT2D eigenvalue weighted by atomic mass is 35.5. The second-order valence-electron chi connectivity index (χ2n) is 5.23. The van der Waals surface area contributed by atoms with Gasteiger partial charge in [0.25, 0.3) is 0 Å². The summed E-state index contributed by atoms with van der Waals surface area (Å²) in [4.78, 5) is 0.964. The van der Waals surface area contributed by atoms with Crippen LogP contribution >= 0.6 is 23.4 Å². The molecule has 0 radical (unpaired) electrons. The highest BCUT2D eigenvalue weighted by Gasteiger charge is 2.16. The maximum atomic E-state index is 11.2. The van der Waals surface area contributed by atoms with Gasteiger partial charge in [-0.2, -0.15) is 0 Å². The SMILES string of the molecule is O=S=C(Cl)SC(=C(c1ccccc1)c1ccccc1)c1ccccc1. The standard InChI is InChI=1S/C21H15ClOS2/c22-21(25-23)24-20(18-14-8-3-9-15-18)19(16-10-4-1-5-11-16)17-12-6-2-7-13-17/h1-15H. The van der Waals surface area contributed by atoms with E-state index in [1.165, 1.54) is 11.8 Å². The van der Waals surface area contributed by atoms with Gasteiger partial charge in [-0.3, -0.25) is 0 Å². The molecule has 3 rings (SSSR count). The average Bonchev–Trinajstić information content (AvgIpc) is 2.69. The minimum Gasteiger partial charge on any atom is -0.210 e. The van der Waals surface area contributed by atoms with Crippen LogP contribution in [0.25, 0.3) is 10.5 Å². The van der Waals surface area contributed by atoms with Gasteiger partial charge in [0.05, 0.1) is 0 Å². The fourth-order valence-corrected chi connectivity index (χ4v) is 3.95. The van der Waals surface area contributed by atoms with E-state index in [4.69, 9.17) is 11.6 Å². The zero-order valence-electron chi connectivity index (χ0n) is 13.3. The Bertz CT molecular complexity index is 874. The number of hydrogen-bond donors (Lipinski definition) is 0. The van der Waals surface area contributed by atoms with Crippen LogP contribution in [0.4, 0.5) is 0 Å². The molecule has 0 saturated carbocycles. The zero-order chi connectivity index (χ0) is 17.5. The monoisotopic (exact) mass is 382 g/mol. The fraction of sp³-hybridized carbons (Fsp3) is 0. The highest BCUT2D eigenvalue weighted by molar-refractivity contribution is 8.30. The second-order valence-corrected chi connectivity index (χ2v) is 7.91. The summed E-state index contributed by atoms with van der Waals surface area (Å²) >= 11 is 7.75. The maximum Gasteiger partial charge on any atom is 0.171 e. The third-order valence-electron chi connectivity index (χ3n) is 3.64. The topological polar surface area (TPSA) is 17.1 Å². The van der Waals surface area contributed by atoms with Gasteiger partial charge in [0.15, 0.2) is 3.66 Å². The summed E-state index contributed by atoms with van der Waals surface area (Å²) in [5.41, 5.74) is 4.26. The quantitative estimate of drug-likeness (QED) is 0.318. The Kier molecular flexibility index (Phi) is 6.29. The van der Waals surface area contributed by atoms with Crippen molar-refractivity contribution in [3.8, 4) is 0 Å². The molecule has 4 heteroatoms. The zero-order valence-corrected chi connectivity index (χ0v) is 15.7. The van der Waals surface area contributed by atoms with Crippen LogP contribution in [0.2, 0.25) is 0 Å². The van der Waals surface area contributed by atoms with E-state index in [0.29, 0.717) is 11.3 Å². The normalized spacial score (nSPS) is 10.1. The van der Waals surface area contributed by atoms with E-state index >= 15 is 0 Å². The molecule has 0 fully saturated rings. The third-order valence-corrected chi connectivity index (χ3v) is 5.45. The number of halogens is 1. The molecule has 1 nitrogen and oxygen atoms in total. The lowest BCUT2D eigenvalue weighted by atomic mass is 9.95. The summed E-state index contributed by atoms with van der Waals surface area (Å²) < 4.78 is 11.4. The molecular formula is C21H15ClOS2. The van der Waals surface area contributed by atoms with Gasteiger partial charge in [-0.05, 0) is 16.7 Å². The van der Waals surface area contributed by atoms with E-state index < -0.39 is 0 Å². The Morgan fingerprint density at radius 2 is 1.04 bits per heavy atom. The van der Waals surface area contributed by atoms with Crippen molar-refractivity contribution in [1.82, 2.24) is 0 Å².